The van der Waals surface area contributed by atoms with Crippen molar-refractivity contribution >= 4 is 75.0 Å². The Morgan fingerprint density at radius 2 is 1.63 bits per heavy atom. The second kappa shape index (κ2) is 11.6. The van der Waals surface area contributed by atoms with E-state index in [1.807, 2.05) is 35.7 Å². The van der Waals surface area contributed by atoms with Gasteiger partial charge < -0.3 is 18.7 Å². The lowest BCUT2D eigenvalue weighted by atomic mass is 10.0. The fraction of sp³-hybridized carbons (Fsp3) is 0.207. The van der Waals surface area contributed by atoms with Crippen molar-refractivity contribution in [2.45, 2.75) is 19.4 Å². The maximum absolute atomic E-state index is 14.2. The molecule has 224 valence electrons. The topological polar surface area (TPSA) is 131 Å². The Hall–Kier alpha value is -3.40. The Morgan fingerprint density at radius 3 is 2.42 bits per heavy atom. The predicted molar refractivity (Wildman–Crippen MR) is 164 cm³/mol. The molecule has 0 radical (unpaired) electrons. The van der Waals surface area contributed by atoms with Crippen LogP contribution >= 0.6 is 22.7 Å². The third kappa shape index (κ3) is 6.74. The third-order valence-corrected chi connectivity index (χ3v) is 10.6. The molecular formula is C29H24FN2O7S4-. The van der Waals surface area contributed by atoms with Gasteiger partial charge in [-0.15, -0.1) is 11.3 Å². The van der Waals surface area contributed by atoms with E-state index in [9.17, 15) is 30.3 Å². The Balaban J connectivity index is 1.40. The van der Waals surface area contributed by atoms with E-state index in [1.165, 1.54) is 23.5 Å². The first-order valence-corrected chi connectivity index (χ1v) is 18.1. The van der Waals surface area contributed by atoms with Crippen molar-refractivity contribution in [3.63, 3.8) is 0 Å². The molecule has 0 aliphatic carbocycles. The smallest absolute Gasteiger partial charge is 0.268 e. The van der Waals surface area contributed by atoms with E-state index in [1.54, 1.807) is 32.9 Å². The number of benzene rings is 3. The lowest BCUT2D eigenvalue weighted by Gasteiger charge is -2.19. The summed E-state index contributed by atoms with van der Waals surface area (Å²) in [6.45, 7) is 0.308. The molecule has 0 fully saturated rings. The number of hydrogen-bond donors (Lipinski definition) is 0. The Kier molecular flexibility index (Phi) is 8.00. The molecule has 0 amide bonds. The van der Waals surface area contributed by atoms with E-state index in [2.05, 4.69) is 12.1 Å². The molecule has 5 aromatic rings. The minimum atomic E-state index is -4.43. The molecule has 6 rings (SSSR count). The first-order chi connectivity index (χ1) is 20.4. The third-order valence-electron chi connectivity index (χ3n) is 7.01. The minimum Gasteiger partial charge on any atom is -0.748 e. The zero-order chi connectivity index (χ0) is 30.4. The minimum absolute atomic E-state index is 0.0269. The number of aryl methyl sites for hydroxylation is 1. The maximum atomic E-state index is 14.2. The Labute approximate surface area is 255 Å². The van der Waals surface area contributed by atoms with Crippen LogP contribution in [0.1, 0.15) is 17.8 Å². The fourth-order valence-electron chi connectivity index (χ4n) is 5.07. The number of aromatic nitrogens is 1. The summed E-state index contributed by atoms with van der Waals surface area (Å²) in [4.78, 5) is 1.80. The van der Waals surface area contributed by atoms with Gasteiger partial charge in [-0.3, -0.25) is 0 Å². The maximum Gasteiger partial charge on any atom is 0.268 e. The fourth-order valence-corrected chi connectivity index (χ4v) is 7.96. The summed E-state index contributed by atoms with van der Waals surface area (Å²) >= 11 is 2.97. The molecule has 0 atom stereocenters. The number of thiazole rings is 1. The SMILES string of the molecule is O=S(=O)([O-])CCCN1/C(=C/c2sc3ccc(F)cc3[n+]2CCCS(=O)(=O)[O-])Oc2ccc(-c3ccc4ccsc4c3)cc21. The molecule has 0 saturated heterocycles. The average molecular weight is 660 g/mol. The van der Waals surface area contributed by atoms with E-state index in [0.29, 0.717) is 27.8 Å². The largest absolute Gasteiger partial charge is 0.748 e. The molecular weight excluding hydrogens is 636 g/mol. The van der Waals surface area contributed by atoms with E-state index < -0.39 is 37.6 Å². The summed E-state index contributed by atoms with van der Waals surface area (Å²) in [7, 11) is -8.87. The first-order valence-electron chi connectivity index (χ1n) is 13.2. The van der Waals surface area contributed by atoms with Crippen molar-refractivity contribution in [1.29, 1.82) is 0 Å². The molecule has 0 unspecified atom stereocenters. The van der Waals surface area contributed by atoms with E-state index >= 15 is 0 Å². The molecule has 3 aromatic carbocycles. The van der Waals surface area contributed by atoms with Crippen molar-refractivity contribution in [1.82, 2.24) is 0 Å². The number of fused-ring (bicyclic) bond motifs is 3. The summed E-state index contributed by atoms with van der Waals surface area (Å²) < 4.78 is 91.9. The van der Waals surface area contributed by atoms with Gasteiger partial charge in [0.2, 0.25) is 11.4 Å². The summed E-state index contributed by atoms with van der Waals surface area (Å²) in [5, 5.41) is 3.78. The van der Waals surface area contributed by atoms with Crippen molar-refractivity contribution in [3.05, 3.63) is 82.8 Å². The highest BCUT2D eigenvalue weighted by atomic mass is 32.2. The molecule has 0 saturated carbocycles. The van der Waals surface area contributed by atoms with Gasteiger partial charge in [-0.25, -0.2) is 21.2 Å². The van der Waals surface area contributed by atoms with Crippen LogP contribution in [0.25, 0.3) is 37.5 Å². The van der Waals surface area contributed by atoms with Crippen LogP contribution in [0.5, 0.6) is 5.75 Å². The lowest BCUT2D eigenvalue weighted by molar-refractivity contribution is -0.668. The van der Waals surface area contributed by atoms with Crippen LogP contribution in [0, 0.1) is 5.82 Å². The van der Waals surface area contributed by atoms with Crippen LogP contribution < -0.4 is 14.2 Å². The quantitative estimate of drug-likeness (QED) is 0.146. The highest BCUT2D eigenvalue weighted by Crippen LogP contribution is 2.43. The van der Waals surface area contributed by atoms with Crippen molar-refractivity contribution in [3.8, 4) is 16.9 Å². The molecule has 3 heterocycles. The van der Waals surface area contributed by atoms with Gasteiger partial charge in [-0.1, -0.05) is 29.5 Å². The van der Waals surface area contributed by atoms with Gasteiger partial charge in [-0.05, 0) is 64.7 Å². The number of halogens is 1. The normalized spacial score (nSPS) is 14.6. The van der Waals surface area contributed by atoms with Crippen LogP contribution in [-0.4, -0.2) is 44.0 Å². The molecule has 0 N–H and O–H groups in total. The molecule has 0 bridgehead atoms. The number of anilines is 1. The summed E-state index contributed by atoms with van der Waals surface area (Å²) in [6.07, 6.45) is 1.80. The lowest BCUT2D eigenvalue weighted by Crippen LogP contribution is -2.36. The number of nitrogens with zero attached hydrogens (tertiary/aromatic N) is 2. The molecule has 1 aliphatic rings. The van der Waals surface area contributed by atoms with Crippen LogP contribution in [0.4, 0.5) is 10.1 Å². The van der Waals surface area contributed by atoms with Crippen LogP contribution in [0.2, 0.25) is 0 Å². The van der Waals surface area contributed by atoms with Gasteiger partial charge in [0.05, 0.1) is 32.0 Å². The molecule has 1 aliphatic heterocycles. The number of hydrogen-bond acceptors (Lipinski definition) is 10. The highest BCUT2D eigenvalue weighted by Gasteiger charge is 2.30. The summed E-state index contributed by atoms with van der Waals surface area (Å²) in [6, 6.07) is 18.2. The van der Waals surface area contributed by atoms with Gasteiger partial charge in [0, 0.05) is 35.2 Å². The van der Waals surface area contributed by atoms with Crippen molar-refractivity contribution in [2.24, 2.45) is 0 Å². The van der Waals surface area contributed by atoms with Gasteiger partial charge in [0.15, 0.2) is 12.3 Å². The van der Waals surface area contributed by atoms with Gasteiger partial charge in [0.25, 0.3) is 5.01 Å². The first kappa shape index (κ1) is 29.7. The summed E-state index contributed by atoms with van der Waals surface area (Å²) in [5.41, 5.74) is 3.14. The van der Waals surface area contributed by atoms with Gasteiger partial charge >= 0.3 is 0 Å². The van der Waals surface area contributed by atoms with Crippen molar-refractivity contribution in [2.75, 3.05) is 23.0 Å². The Bertz CT molecular complexity index is 2100. The monoisotopic (exact) mass is 659 g/mol. The molecule has 14 heteroatoms. The predicted octanol–water partition coefficient (Wildman–Crippen LogP) is 5.28. The standard InChI is InChI=1S/C29H25FN2O7S4/c30-22-6-8-26-24(17-22)32(11-2-14-43(36,37)38)29(41-26)18-28-31(10-1-13-42(33,34)35)23-15-20(5-7-25(23)39-28)21-4-3-19-9-12-40-27(19)16-21/h3-9,12,15-18H,1-2,10-11,13-14H2,(H-,33,34,35,36,37,38)/p-1. The molecule has 2 aromatic heterocycles. The molecule has 43 heavy (non-hydrogen) atoms. The number of rotatable bonds is 10. The zero-order valence-electron chi connectivity index (χ0n) is 22.4. The van der Waals surface area contributed by atoms with Crippen LogP contribution in [-0.2, 0) is 26.8 Å². The highest BCUT2D eigenvalue weighted by molar-refractivity contribution is 7.85. The van der Waals surface area contributed by atoms with Crippen LogP contribution in [0.15, 0.2) is 71.9 Å². The number of thiophene rings is 1. The van der Waals surface area contributed by atoms with E-state index in [4.69, 9.17) is 4.74 Å². The Morgan fingerprint density at radius 1 is 0.884 bits per heavy atom. The van der Waals surface area contributed by atoms with Gasteiger partial charge in [0.1, 0.15) is 10.5 Å². The second-order valence-electron chi connectivity index (χ2n) is 10.0. The van der Waals surface area contributed by atoms with Crippen LogP contribution in [0.3, 0.4) is 0 Å². The summed E-state index contributed by atoms with van der Waals surface area (Å²) in [5.74, 6) is -0.685. The number of ether oxygens (including phenoxy) is 1. The molecule has 9 nitrogen and oxygen atoms in total. The average Bonchev–Trinajstić information content (AvgIpc) is 3.63. The van der Waals surface area contributed by atoms with E-state index in [-0.39, 0.29) is 25.9 Å². The van der Waals surface area contributed by atoms with Gasteiger partial charge in [-0.2, -0.15) is 4.57 Å². The zero-order valence-corrected chi connectivity index (χ0v) is 25.7. The second-order valence-corrected chi connectivity index (χ2v) is 15.1. The van der Waals surface area contributed by atoms with E-state index in [0.717, 1.165) is 25.9 Å². The van der Waals surface area contributed by atoms with Crippen molar-refractivity contribution < 1.29 is 39.6 Å². The molecule has 0 spiro atoms.